The summed E-state index contributed by atoms with van der Waals surface area (Å²) in [5.41, 5.74) is 2.15. The van der Waals surface area contributed by atoms with Crippen LogP contribution in [0.5, 0.6) is 5.75 Å². The van der Waals surface area contributed by atoms with E-state index in [-0.39, 0.29) is 17.7 Å². The van der Waals surface area contributed by atoms with E-state index in [1.165, 1.54) is 6.20 Å². The average molecular weight is 535 g/mol. The number of para-hydroxylation sites is 1. The number of nitrogens with one attached hydrogen (secondary N) is 2. The van der Waals surface area contributed by atoms with Crippen molar-refractivity contribution in [2.45, 2.75) is 6.92 Å². The lowest BCUT2D eigenvalue weighted by Crippen LogP contribution is -2.45. The number of hydrogen-bond donors (Lipinski definition) is 2. The normalized spacial score (nSPS) is 13.8. The topological polar surface area (TPSA) is 122 Å². The molecule has 2 aromatic heterocycles. The van der Waals surface area contributed by atoms with Crippen LogP contribution in [0.15, 0.2) is 53.1 Å². The average Bonchev–Trinajstić information content (AvgIpc) is 3.39. The number of ether oxygens (including phenoxy) is 1. The monoisotopic (exact) mass is 534 g/mol. The zero-order valence-corrected chi connectivity index (χ0v) is 22.0. The Kier molecular flexibility index (Phi) is 7.38. The van der Waals surface area contributed by atoms with Crippen LogP contribution in [0.4, 0.5) is 23.6 Å². The number of aromatic nitrogens is 4. The van der Waals surface area contributed by atoms with E-state index >= 15 is 0 Å². The summed E-state index contributed by atoms with van der Waals surface area (Å²) in [7, 11) is 3.70. The number of aryl methyl sites for hydroxylation is 1. The van der Waals surface area contributed by atoms with Gasteiger partial charge in [-0.25, -0.2) is 4.98 Å². The van der Waals surface area contributed by atoms with E-state index in [9.17, 15) is 4.79 Å². The number of nitrogens with zero attached hydrogens (tertiary/aromatic N) is 6. The van der Waals surface area contributed by atoms with Crippen molar-refractivity contribution in [1.82, 2.24) is 24.8 Å². The second kappa shape index (κ2) is 11.0. The van der Waals surface area contributed by atoms with Crippen LogP contribution in [0.25, 0.3) is 11.4 Å². The molecule has 196 valence electrons. The minimum Gasteiger partial charge on any atom is -0.497 e. The number of oxazole rings is 1. The van der Waals surface area contributed by atoms with Gasteiger partial charge in [0.2, 0.25) is 17.7 Å². The van der Waals surface area contributed by atoms with E-state index in [1.54, 1.807) is 13.2 Å². The van der Waals surface area contributed by atoms with Gasteiger partial charge in [0.05, 0.1) is 24.0 Å². The zero-order valence-electron chi connectivity index (χ0n) is 21.2. The van der Waals surface area contributed by atoms with Gasteiger partial charge in [-0.1, -0.05) is 23.7 Å². The maximum atomic E-state index is 12.8. The van der Waals surface area contributed by atoms with Crippen LogP contribution in [-0.4, -0.2) is 71.1 Å². The zero-order chi connectivity index (χ0) is 26.6. The van der Waals surface area contributed by atoms with Crippen molar-refractivity contribution >= 4 is 41.1 Å². The van der Waals surface area contributed by atoms with Crippen molar-refractivity contribution < 1.29 is 13.9 Å². The lowest BCUT2D eigenvalue weighted by molar-refractivity contribution is 0.0997. The van der Waals surface area contributed by atoms with E-state index < -0.39 is 5.91 Å². The predicted molar refractivity (Wildman–Crippen MR) is 145 cm³/mol. The molecule has 0 atom stereocenters. The number of amides is 1. The third-order valence-corrected chi connectivity index (χ3v) is 6.48. The number of anilines is 4. The summed E-state index contributed by atoms with van der Waals surface area (Å²) < 4.78 is 10.9. The van der Waals surface area contributed by atoms with Gasteiger partial charge in [0.15, 0.2) is 5.82 Å². The molecule has 12 heteroatoms. The molecule has 3 heterocycles. The molecule has 0 saturated carbocycles. The lowest BCUT2D eigenvalue weighted by atomic mass is 10.2. The van der Waals surface area contributed by atoms with E-state index in [2.05, 4.69) is 42.4 Å². The van der Waals surface area contributed by atoms with E-state index in [1.807, 2.05) is 43.3 Å². The highest BCUT2D eigenvalue weighted by Gasteiger charge is 2.21. The Morgan fingerprint density at radius 1 is 1.05 bits per heavy atom. The first-order chi connectivity index (χ1) is 18.4. The number of hydrogen-bond acceptors (Lipinski definition) is 10. The molecule has 1 amide bonds. The highest BCUT2D eigenvalue weighted by atomic mass is 35.5. The highest BCUT2D eigenvalue weighted by Crippen LogP contribution is 2.27. The maximum Gasteiger partial charge on any atom is 0.302 e. The van der Waals surface area contributed by atoms with Gasteiger partial charge in [-0.05, 0) is 49.9 Å². The number of carbonyl (C=O) groups is 1. The van der Waals surface area contributed by atoms with E-state index in [0.717, 1.165) is 43.1 Å². The predicted octanol–water partition coefficient (Wildman–Crippen LogP) is 4.24. The first-order valence-corrected chi connectivity index (χ1v) is 12.4. The number of piperazine rings is 1. The summed E-state index contributed by atoms with van der Waals surface area (Å²) in [6.45, 7) is 5.22. The lowest BCUT2D eigenvalue weighted by Gasteiger charge is -2.32. The Hall–Kier alpha value is -4.22. The Balaban J connectivity index is 1.40. The van der Waals surface area contributed by atoms with Crippen LogP contribution in [-0.2, 0) is 0 Å². The summed E-state index contributed by atoms with van der Waals surface area (Å²) >= 11 is 6.23. The largest absolute Gasteiger partial charge is 0.497 e. The van der Waals surface area contributed by atoms with Gasteiger partial charge in [-0.2, -0.15) is 15.0 Å². The standard InChI is InChI=1S/C26H27ClN8O3/c1-16-5-4-6-19(27)21(16)29-23(36)20-15-28-26(38-20)33-24-30-22(17-7-9-18(37-3)10-8-17)31-25(32-24)35-13-11-34(2)12-14-35/h4-10,15H,11-14H2,1-3H3,(H,29,36)(H,28,30,31,32,33). The number of methoxy groups -OCH3 is 1. The summed E-state index contributed by atoms with van der Waals surface area (Å²) in [4.78, 5) is 35.2. The number of rotatable bonds is 7. The number of benzene rings is 2. The minimum absolute atomic E-state index is 0.00976. The van der Waals surface area contributed by atoms with Gasteiger partial charge in [0.1, 0.15) is 5.75 Å². The minimum atomic E-state index is -0.477. The molecule has 1 aliphatic rings. The highest BCUT2D eigenvalue weighted by molar-refractivity contribution is 6.34. The number of carbonyl (C=O) groups excluding carboxylic acids is 1. The molecule has 5 rings (SSSR count). The van der Waals surface area contributed by atoms with Gasteiger partial charge in [0.25, 0.3) is 5.91 Å². The molecule has 0 unspecified atom stereocenters. The van der Waals surface area contributed by atoms with Crippen molar-refractivity contribution in [3.63, 3.8) is 0 Å². The van der Waals surface area contributed by atoms with E-state index in [0.29, 0.717) is 22.5 Å². The molecule has 0 bridgehead atoms. The summed E-state index contributed by atoms with van der Waals surface area (Å²) in [6, 6.07) is 12.9. The summed E-state index contributed by atoms with van der Waals surface area (Å²) in [5.74, 6) is 1.54. The molecule has 1 fully saturated rings. The molecule has 1 saturated heterocycles. The summed E-state index contributed by atoms with van der Waals surface area (Å²) in [5, 5.41) is 6.19. The Morgan fingerprint density at radius 2 is 1.82 bits per heavy atom. The third-order valence-electron chi connectivity index (χ3n) is 6.17. The quantitative estimate of drug-likeness (QED) is 0.356. The molecule has 2 N–H and O–H groups in total. The van der Waals surface area contributed by atoms with Gasteiger partial charge >= 0.3 is 6.01 Å². The number of halogens is 1. The van der Waals surface area contributed by atoms with Crippen molar-refractivity contribution in [2.75, 3.05) is 55.9 Å². The fourth-order valence-corrected chi connectivity index (χ4v) is 4.20. The van der Waals surface area contributed by atoms with Crippen LogP contribution in [0.3, 0.4) is 0 Å². The summed E-state index contributed by atoms with van der Waals surface area (Å²) in [6.07, 6.45) is 1.33. The maximum absolute atomic E-state index is 12.8. The second-order valence-corrected chi connectivity index (χ2v) is 9.25. The first kappa shape index (κ1) is 25.4. The van der Waals surface area contributed by atoms with Crippen LogP contribution >= 0.6 is 11.6 Å². The van der Waals surface area contributed by atoms with Crippen LogP contribution in [0, 0.1) is 6.92 Å². The molecule has 2 aromatic carbocycles. The smallest absolute Gasteiger partial charge is 0.302 e. The van der Waals surface area contributed by atoms with Crippen molar-refractivity contribution in [3.05, 3.63) is 65.0 Å². The molecule has 0 spiro atoms. The molecular formula is C26H27ClN8O3. The van der Waals surface area contributed by atoms with Crippen molar-refractivity contribution in [2.24, 2.45) is 0 Å². The van der Waals surface area contributed by atoms with Gasteiger partial charge in [-0.15, -0.1) is 0 Å². The Bertz CT molecular complexity index is 1410. The van der Waals surface area contributed by atoms with Gasteiger partial charge < -0.3 is 24.3 Å². The van der Waals surface area contributed by atoms with Crippen LogP contribution in [0.2, 0.25) is 5.02 Å². The number of likely N-dealkylation sites (N-methyl/N-ethyl adjacent to an activating group) is 1. The Morgan fingerprint density at radius 3 is 2.53 bits per heavy atom. The third kappa shape index (κ3) is 5.68. The molecule has 1 aliphatic heterocycles. The SMILES string of the molecule is COc1ccc(-c2nc(Nc3ncc(C(=O)Nc4c(C)cccc4Cl)o3)nc(N3CCN(C)CC3)n2)cc1. The molecule has 4 aromatic rings. The molecule has 0 radical (unpaired) electrons. The van der Waals surface area contributed by atoms with E-state index in [4.69, 9.17) is 25.7 Å². The van der Waals surface area contributed by atoms with Crippen molar-refractivity contribution in [3.8, 4) is 17.1 Å². The molecule has 11 nitrogen and oxygen atoms in total. The van der Waals surface area contributed by atoms with Crippen LogP contribution in [0.1, 0.15) is 16.1 Å². The molecule has 38 heavy (non-hydrogen) atoms. The van der Waals surface area contributed by atoms with Gasteiger partial charge in [-0.3, -0.25) is 10.1 Å². The fraction of sp³-hybridized carbons (Fsp3) is 0.269. The van der Waals surface area contributed by atoms with Crippen LogP contribution < -0.4 is 20.3 Å². The first-order valence-electron chi connectivity index (χ1n) is 12.0. The van der Waals surface area contributed by atoms with Gasteiger partial charge in [0, 0.05) is 31.7 Å². The second-order valence-electron chi connectivity index (χ2n) is 8.84. The Labute approximate surface area is 224 Å². The fourth-order valence-electron chi connectivity index (χ4n) is 3.94. The molecule has 0 aliphatic carbocycles. The van der Waals surface area contributed by atoms with Crippen molar-refractivity contribution in [1.29, 1.82) is 0 Å². The molecular weight excluding hydrogens is 508 g/mol.